The molecule has 154 valence electrons. The topological polar surface area (TPSA) is 107 Å². The van der Waals surface area contributed by atoms with E-state index in [0.717, 1.165) is 40.7 Å². The van der Waals surface area contributed by atoms with E-state index >= 15 is 0 Å². The van der Waals surface area contributed by atoms with Crippen molar-refractivity contribution in [2.45, 2.75) is 17.1 Å². The highest BCUT2D eigenvalue weighted by Gasteiger charge is 2.30. The molecule has 0 aliphatic carbocycles. The Bertz CT molecular complexity index is 920. The second-order valence-electron chi connectivity index (χ2n) is 5.76. The number of hydrogen-bond acceptors (Lipinski definition) is 5. The standard InChI is InChI=1S/C16H16F3N3O4S.ClH/c1-21(27(25,26)14-8-6-13(7-9-14)22(23)24)10-15(20)11-2-4-12(5-3-11)16(17,18)19;/h2-9,15H,10,20H2,1H3;1H/t15-;/m0./s1. The first-order chi connectivity index (χ1) is 12.4. The third kappa shape index (κ3) is 5.41. The van der Waals surface area contributed by atoms with Gasteiger partial charge in [0, 0.05) is 31.8 Å². The zero-order chi connectivity index (χ0) is 20.4. The summed E-state index contributed by atoms with van der Waals surface area (Å²) in [6.45, 7) is -0.190. The van der Waals surface area contributed by atoms with Gasteiger partial charge in [-0.3, -0.25) is 10.1 Å². The number of hydrogen-bond donors (Lipinski definition) is 1. The molecule has 2 aromatic rings. The Labute approximate surface area is 165 Å². The molecule has 0 radical (unpaired) electrons. The number of nitro groups is 1. The van der Waals surface area contributed by atoms with Crippen molar-refractivity contribution >= 4 is 28.1 Å². The van der Waals surface area contributed by atoms with Crippen LogP contribution in [0.4, 0.5) is 18.9 Å². The zero-order valence-corrected chi connectivity index (χ0v) is 16.1. The number of nitro benzene ring substituents is 1. The van der Waals surface area contributed by atoms with Gasteiger partial charge in [0.05, 0.1) is 15.4 Å². The van der Waals surface area contributed by atoms with Gasteiger partial charge >= 0.3 is 6.18 Å². The van der Waals surface area contributed by atoms with E-state index in [-0.39, 0.29) is 29.5 Å². The van der Waals surface area contributed by atoms with Crippen LogP contribution >= 0.6 is 12.4 Å². The summed E-state index contributed by atoms with van der Waals surface area (Å²) in [5.41, 5.74) is 5.18. The third-order valence-corrected chi connectivity index (χ3v) is 5.71. The highest BCUT2D eigenvalue weighted by atomic mass is 35.5. The average Bonchev–Trinajstić information content (AvgIpc) is 2.61. The first kappa shape index (κ1) is 23.8. The molecule has 0 spiro atoms. The molecule has 2 N–H and O–H groups in total. The van der Waals surface area contributed by atoms with E-state index in [0.29, 0.717) is 5.56 Å². The minimum atomic E-state index is -4.47. The summed E-state index contributed by atoms with van der Waals surface area (Å²) in [5, 5.41) is 10.6. The molecular weight excluding hydrogens is 423 g/mol. The fourth-order valence-corrected chi connectivity index (χ4v) is 3.52. The molecule has 0 heterocycles. The van der Waals surface area contributed by atoms with E-state index < -0.39 is 32.7 Å². The second kappa shape index (κ2) is 8.86. The molecule has 0 bridgehead atoms. The van der Waals surface area contributed by atoms with Crippen molar-refractivity contribution in [3.8, 4) is 0 Å². The molecule has 2 aromatic carbocycles. The van der Waals surface area contributed by atoms with E-state index in [1.807, 2.05) is 0 Å². The number of rotatable bonds is 6. The molecule has 12 heteroatoms. The highest BCUT2D eigenvalue weighted by Crippen LogP contribution is 2.30. The number of benzene rings is 2. The van der Waals surface area contributed by atoms with Crippen LogP contribution in [0.15, 0.2) is 53.4 Å². The molecule has 0 saturated carbocycles. The van der Waals surface area contributed by atoms with Crippen molar-refractivity contribution in [2.75, 3.05) is 13.6 Å². The number of halogens is 4. The number of sulfonamides is 1. The first-order valence-electron chi connectivity index (χ1n) is 7.56. The van der Waals surface area contributed by atoms with Gasteiger partial charge in [-0.15, -0.1) is 12.4 Å². The summed E-state index contributed by atoms with van der Waals surface area (Å²) in [6.07, 6.45) is -4.47. The second-order valence-corrected chi connectivity index (χ2v) is 7.81. The SMILES string of the molecule is CN(C[C@H](N)c1ccc(C(F)(F)F)cc1)S(=O)(=O)c1ccc([N+](=O)[O-])cc1.Cl. The summed E-state index contributed by atoms with van der Waals surface area (Å²) >= 11 is 0. The Morgan fingerprint density at radius 3 is 2.04 bits per heavy atom. The molecule has 2 rings (SSSR count). The van der Waals surface area contributed by atoms with Crippen molar-refractivity contribution in [3.63, 3.8) is 0 Å². The van der Waals surface area contributed by atoms with Crippen molar-refractivity contribution in [2.24, 2.45) is 5.73 Å². The fraction of sp³-hybridized carbons (Fsp3) is 0.250. The Morgan fingerprint density at radius 2 is 1.61 bits per heavy atom. The van der Waals surface area contributed by atoms with Crippen LogP contribution < -0.4 is 5.73 Å². The Hall–Kier alpha value is -2.21. The lowest BCUT2D eigenvalue weighted by Gasteiger charge is -2.22. The summed E-state index contributed by atoms with van der Waals surface area (Å²) in [4.78, 5) is 9.83. The van der Waals surface area contributed by atoms with E-state index in [4.69, 9.17) is 5.73 Å². The van der Waals surface area contributed by atoms with Gasteiger partial charge in [-0.25, -0.2) is 8.42 Å². The largest absolute Gasteiger partial charge is 0.416 e. The van der Waals surface area contributed by atoms with Crippen molar-refractivity contribution in [1.82, 2.24) is 4.31 Å². The van der Waals surface area contributed by atoms with Crippen molar-refractivity contribution in [1.29, 1.82) is 0 Å². The number of nitrogens with zero attached hydrogens (tertiary/aromatic N) is 2. The van der Waals surface area contributed by atoms with Gasteiger partial charge in [-0.2, -0.15) is 17.5 Å². The van der Waals surface area contributed by atoms with Crippen LogP contribution in [0.25, 0.3) is 0 Å². The van der Waals surface area contributed by atoms with Gasteiger partial charge in [0.2, 0.25) is 10.0 Å². The number of nitrogens with two attached hydrogens (primary N) is 1. The maximum absolute atomic E-state index is 12.6. The summed E-state index contributed by atoms with van der Waals surface area (Å²) in [5.74, 6) is 0. The summed E-state index contributed by atoms with van der Waals surface area (Å²) < 4.78 is 63.8. The molecule has 0 saturated heterocycles. The van der Waals surface area contributed by atoms with Crippen LogP contribution in [0.3, 0.4) is 0 Å². The van der Waals surface area contributed by atoms with Crippen molar-refractivity contribution in [3.05, 3.63) is 69.8 Å². The van der Waals surface area contributed by atoms with Gasteiger partial charge in [-0.1, -0.05) is 12.1 Å². The maximum Gasteiger partial charge on any atom is 0.416 e. The average molecular weight is 440 g/mol. The highest BCUT2D eigenvalue weighted by molar-refractivity contribution is 7.89. The van der Waals surface area contributed by atoms with Crippen LogP contribution in [-0.2, 0) is 16.2 Å². The summed E-state index contributed by atoms with van der Waals surface area (Å²) in [7, 11) is -2.70. The van der Waals surface area contributed by atoms with Crippen LogP contribution in [0.5, 0.6) is 0 Å². The minimum Gasteiger partial charge on any atom is -0.323 e. The first-order valence-corrected chi connectivity index (χ1v) is 9.00. The Morgan fingerprint density at radius 1 is 1.11 bits per heavy atom. The number of likely N-dealkylation sites (N-methyl/N-ethyl adjacent to an activating group) is 1. The molecule has 0 aliphatic heterocycles. The number of non-ortho nitro benzene ring substituents is 1. The van der Waals surface area contributed by atoms with Gasteiger partial charge in [0.15, 0.2) is 0 Å². The van der Waals surface area contributed by atoms with Gasteiger partial charge in [0.1, 0.15) is 0 Å². The lowest BCUT2D eigenvalue weighted by Crippen LogP contribution is -2.34. The van der Waals surface area contributed by atoms with Crippen molar-refractivity contribution < 1.29 is 26.5 Å². The van der Waals surface area contributed by atoms with Crippen LogP contribution in [0, 0.1) is 10.1 Å². The Kier molecular flexibility index (Phi) is 7.54. The predicted molar refractivity (Wildman–Crippen MR) is 98.5 cm³/mol. The van der Waals surface area contributed by atoms with Crippen LogP contribution in [-0.4, -0.2) is 31.2 Å². The van der Waals surface area contributed by atoms with Crippen LogP contribution in [0.1, 0.15) is 17.2 Å². The maximum atomic E-state index is 12.6. The quantitative estimate of drug-likeness (QED) is 0.548. The molecule has 0 aromatic heterocycles. The van der Waals surface area contributed by atoms with Gasteiger partial charge in [0.25, 0.3) is 5.69 Å². The van der Waals surface area contributed by atoms with E-state index in [9.17, 15) is 31.7 Å². The molecule has 0 aliphatic rings. The number of alkyl halides is 3. The lowest BCUT2D eigenvalue weighted by atomic mass is 10.1. The van der Waals surface area contributed by atoms with Gasteiger partial charge in [-0.05, 0) is 29.8 Å². The molecular formula is C16H17ClF3N3O4S. The fourth-order valence-electron chi connectivity index (χ4n) is 2.32. The molecule has 1 atom stereocenters. The molecule has 7 nitrogen and oxygen atoms in total. The minimum absolute atomic E-state index is 0. The zero-order valence-electron chi connectivity index (χ0n) is 14.5. The third-order valence-electron chi connectivity index (χ3n) is 3.88. The Balaban J connectivity index is 0.00000392. The lowest BCUT2D eigenvalue weighted by molar-refractivity contribution is -0.384. The molecule has 0 fully saturated rings. The molecule has 0 unspecified atom stereocenters. The van der Waals surface area contributed by atoms with E-state index in [1.54, 1.807) is 0 Å². The van der Waals surface area contributed by atoms with Gasteiger partial charge < -0.3 is 5.73 Å². The predicted octanol–water partition coefficient (Wildman–Crippen LogP) is 3.36. The smallest absolute Gasteiger partial charge is 0.323 e. The van der Waals surface area contributed by atoms with E-state index in [2.05, 4.69) is 0 Å². The normalized spacial score (nSPS) is 13.1. The van der Waals surface area contributed by atoms with Crippen LogP contribution in [0.2, 0.25) is 0 Å². The summed E-state index contributed by atoms with van der Waals surface area (Å²) in [6, 6.07) is 7.62. The monoisotopic (exact) mass is 439 g/mol. The molecule has 28 heavy (non-hydrogen) atoms. The molecule has 0 amide bonds. The van der Waals surface area contributed by atoms with E-state index in [1.165, 1.54) is 19.2 Å².